The van der Waals surface area contributed by atoms with Gasteiger partial charge in [-0.1, -0.05) is 5.21 Å². The standard InChI is InChI=1S/C24H24N4O5/c1-5-31-20-12-8-18(9-13-20)28-15(2)22(26-27-28)24(29)32-14-21-16(3)33-23(25-21)17-6-10-19(30-4)11-7-17/h6-13H,5,14H2,1-4H3. The number of hydrogen-bond donors (Lipinski definition) is 0. The Morgan fingerprint density at radius 3 is 2.39 bits per heavy atom. The van der Waals surface area contributed by atoms with Gasteiger partial charge in [0.15, 0.2) is 5.69 Å². The molecule has 0 spiro atoms. The Morgan fingerprint density at radius 2 is 1.73 bits per heavy atom. The fraction of sp³-hybridized carbons (Fsp3) is 0.250. The van der Waals surface area contributed by atoms with Gasteiger partial charge in [0.1, 0.15) is 29.6 Å². The highest BCUT2D eigenvalue weighted by molar-refractivity contribution is 5.88. The monoisotopic (exact) mass is 448 g/mol. The van der Waals surface area contributed by atoms with Crippen LogP contribution in [-0.4, -0.2) is 39.7 Å². The van der Waals surface area contributed by atoms with E-state index in [1.165, 1.54) is 0 Å². The number of oxazole rings is 1. The third-order valence-corrected chi connectivity index (χ3v) is 5.05. The Bertz CT molecular complexity index is 1240. The molecule has 9 heteroatoms. The van der Waals surface area contributed by atoms with Crippen molar-refractivity contribution in [2.75, 3.05) is 13.7 Å². The second-order valence-corrected chi connectivity index (χ2v) is 7.19. The first kappa shape index (κ1) is 22.1. The summed E-state index contributed by atoms with van der Waals surface area (Å²) in [5.74, 6) is 1.93. The zero-order valence-electron chi connectivity index (χ0n) is 18.9. The van der Waals surface area contributed by atoms with Crippen molar-refractivity contribution in [3.05, 3.63) is 71.4 Å². The summed E-state index contributed by atoms with van der Waals surface area (Å²) in [6, 6.07) is 14.7. The Labute approximate surface area is 190 Å². The zero-order chi connectivity index (χ0) is 23.4. The number of ether oxygens (including phenoxy) is 3. The fourth-order valence-corrected chi connectivity index (χ4v) is 3.23. The fourth-order valence-electron chi connectivity index (χ4n) is 3.23. The Kier molecular flexibility index (Phi) is 6.39. The van der Waals surface area contributed by atoms with E-state index in [2.05, 4.69) is 15.3 Å². The van der Waals surface area contributed by atoms with E-state index >= 15 is 0 Å². The van der Waals surface area contributed by atoms with Crippen molar-refractivity contribution in [2.45, 2.75) is 27.4 Å². The van der Waals surface area contributed by atoms with Crippen molar-refractivity contribution in [3.63, 3.8) is 0 Å². The molecule has 170 valence electrons. The first-order valence-corrected chi connectivity index (χ1v) is 10.4. The lowest BCUT2D eigenvalue weighted by atomic mass is 10.2. The van der Waals surface area contributed by atoms with Crippen LogP contribution in [0.2, 0.25) is 0 Å². The molecule has 0 bridgehead atoms. The van der Waals surface area contributed by atoms with Gasteiger partial charge in [0.25, 0.3) is 0 Å². The predicted octanol–water partition coefficient (Wildman–Crippen LogP) is 4.30. The third-order valence-electron chi connectivity index (χ3n) is 5.05. The minimum Gasteiger partial charge on any atom is -0.497 e. The number of carbonyl (C=O) groups is 1. The van der Waals surface area contributed by atoms with Gasteiger partial charge in [-0.25, -0.2) is 14.5 Å². The molecule has 0 fully saturated rings. The Morgan fingerprint density at radius 1 is 1.03 bits per heavy atom. The molecular weight excluding hydrogens is 424 g/mol. The summed E-state index contributed by atoms with van der Waals surface area (Å²) in [5.41, 5.74) is 2.80. The highest BCUT2D eigenvalue weighted by atomic mass is 16.5. The van der Waals surface area contributed by atoms with Crippen LogP contribution in [-0.2, 0) is 11.3 Å². The summed E-state index contributed by atoms with van der Waals surface area (Å²) in [4.78, 5) is 17.1. The van der Waals surface area contributed by atoms with E-state index in [4.69, 9.17) is 18.6 Å². The number of benzene rings is 2. The third kappa shape index (κ3) is 4.72. The Balaban J connectivity index is 1.44. The quantitative estimate of drug-likeness (QED) is 0.368. The van der Waals surface area contributed by atoms with Crippen molar-refractivity contribution in [1.82, 2.24) is 20.0 Å². The van der Waals surface area contributed by atoms with E-state index in [0.29, 0.717) is 29.6 Å². The maximum Gasteiger partial charge on any atom is 0.361 e. The average Bonchev–Trinajstić information content (AvgIpc) is 3.40. The maximum absolute atomic E-state index is 12.7. The van der Waals surface area contributed by atoms with E-state index in [1.807, 2.05) is 55.5 Å². The van der Waals surface area contributed by atoms with E-state index in [0.717, 1.165) is 22.7 Å². The van der Waals surface area contributed by atoms with Gasteiger partial charge < -0.3 is 18.6 Å². The highest BCUT2D eigenvalue weighted by Gasteiger charge is 2.20. The first-order valence-electron chi connectivity index (χ1n) is 10.4. The van der Waals surface area contributed by atoms with Crippen LogP contribution >= 0.6 is 0 Å². The van der Waals surface area contributed by atoms with Crippen molar-refractivity contribution in [1.29, 1.82) is 0 Å². The lowest BCUT2D eigenvalue weighted by molar-refractivity contribution is 0.0459. The van der Waals surface area contributed by atoms with Crippen LogP contribution in [0.1, 0.15) is 34.6 Å². The van der Waals surface area contributed by atoms with Crippen molar-refractivity contribution in [3.8, 4) is 28.6 Å². The number of esters is 1. The van der Waals surface area contributed by atoms with Gasteiger partial charge in [0.2, 0.25) is 5.89 Å². The number of methoxy groups -OCH3 is 1. The van der Waals surface area contributed by atoms with Gasteiger partial charge in [-0.3, -0.25) is 0 Å². The molecule has 0 saturated carbocycles. The molecule has 4 rings (SSSR count). The summed E-state index contributed by atoms with van der Waals surface area (Å²) >= 11 is 0. The number of hydrogen-bond acceptors (Lipinski definition) is 8. The van der Waals surface area contributed by atoms with Gasteiger partial charge in [0.05, 0.1) is 25.1 Å². The molecule has 0 radical (unpaired) electrons. The normalized spacial score (nSPS) is 10.8. The summed E-state index contributed by atoms with van der Waals surface area (Å²) < 4.78 is 23.4. The minimum absolute atomic E-state index is 0.0420. The molecule has 0 aliphatic heterocycles. The molecule has 4 aromatic rings. The molecular formula is C24H24N4O5. The predicted molar refractivity (Wildman–Crippen MR) is 120 cm³/mol. The first-order chi connectivity index (χ1) is 16.0. The molecule has 33 heavy (non-hydrogen) atoms. The molecule has 0 saturated heterocycles. The van der Waals surface area contributed by atoms with Gasteiger partial charge >= 0.3 is 5.97 Å². The van der Waals surface area contributed by atoms with E-state index in [9.17, 15) is 4.79 Å². The van der Waals surface area contributed by atoms with Crippen molar-refractivity contribution < 1.29 is 23.4 Å². The molecule has 2 heterocycles. The molecule has 0 atom stereocenters. The van der Waals surface area contributed by atoms with Gasteiger partial charge in [0, 0.05) is 5.56 Å². The van der Waals surface area contributed by atoms with Gasteiger partial charge in [-0.2, -0.15) is 0 Å². The molecule has 0 N–H and O–H groups in total. The van der Waals surface area contributed by atoms with Gasteiger partial charge in [-0.15, -0.1) is 5.10 Å². The van der Waals surface area contributed by atoms with Crippen LogP contribution in [0.25, 0.3) is 17.1 Å². The van der Waals surface area contributed by atoms with Crippen LogP contribution in [0.3, 0.4) is 0 Å². The second kappa shape index (κ2) is 9.56. The number of carbonyl (C=O) groups excluding carboxylic acids is 1. The van der Waals surface area contributed by atoms with Crippen LogP contribution in [0.4, 0.5) is 0 Å². The lowest BCUT2D eigenvalue weighted by Gasteiger charge is -2.06. The van der Waals surface area contributed by atoms with Crippen LogP contribution in [0.5, 0.6) is 11.5 Å². The second-order valence-electron chi connectivity index (χ2n) is 7.19. The largest absolute Gasteiger partial charge is 0.497 e. The van der Waals surface area contributed by atoms with Crippen molar-refractivity contribution in [2.24, 2.45) is 0 Å². The van der Waals surface area contributed by atoms with Crippen LogP contribution in [0, 0.1) is 13.8 Å². The van der Waals surface area contributed by atoms with E-state index in [1.54, 1.807) is 25.6 Å². The summed E-state index contributed by atoms with van der Waals surface area (Å²) in [6.07, 6.45) is 0. The summed E-state index contributed by atoms with van der Waals surface area (Å²) in [7, 11) is 1.61. The molecule has 0 amide bonds. The number of rotatable bonds is 8. The van der Waals surface area contributed by atoms with E-state index in [-0.39, 0.29) is 12.3 Å². The van der Waals surface area contributed by atoms with Crippen LogP contribution in [0.15, 0.2) is 52.9 Å². The van der Waals surface area contributed by atoms with Crippen LogP contribution < -0.4 is 9.47 Å². The number of aromatic nitrogens is 4. The molecule has 2 aromatic heterocycles. The molecule has 0 unspecified atom stereocenters. The number of nitrogens with zero attached hydrogens (tertiary/aromatic N) is 4. The maximum atomic E-state index is 12.7. The molecule has 0 aliphatic rings. The zero-order valence-corrected chi connectivity index (χ0v) is 18.9. The van der Waals surface area contributed by atoms with Crippen molar-refractivity contribution >= 4 is 5.97 Å². The summed E-state index contributed by atoms with van der Waals surface area (Å²) in [6.45, 7) is 6.00. The minimum atomic E-state index is -0.585. The number of aryl methyl sites for hydroxylation is 1. The molecule has 2 aromatic carbocycles. The summed E-state index contributed by atoms with van der Waals surface area (Å²) in [5, 5.41) is 8.10. The SMILES string of the molecule is CCOc1ccc(-n2nnc(C(=O)OCc3nc(-c4ccc(OC)cc4)oc3C)c2C)cc1. The smallest absolute Gasteiger partial charge is 0.361 e. The molecule has 0 aliphatic carbocycles. The average molecular weight is 448 g/mol. The molecule has 9 nitrogen and oxygen atoms in total. The highest BCUT2D eigenvalue weighted by Crippen LogP contribution is 2.25. The van der Waals surface area contributed by atoms with E-state index < -0.39 is 5.97 Å². The Hall–Kier alpha value is -4.14. The lowest BCUT2D eigenvalue weighted by Crippen LogP contribution is -2.09. The van der Waals surface area contributed by atoms with Gasteiger partial charge in [-0.05, 0) is 69.3 Å². The topological polar surface area (TPSA) is 102 Å².